The van der Waals surface area contributed by atoms with Crippen molar-refractivity contribution in [1.82, 2.24) is 4.57 Å². The van der Waals surface area contributed by atoms with Gasteiger partial charge in [0, 0.05) is 25.4 Å². The third kappa shape index (κ3) is 2.57. The number of rotatable bonds is 3. The SMILES string of the molecule is Cn1cccc1C=Nc1cccc([N+](=O)[O-])c1. The van der Waals surface area contributed by atoms with Crippen LogP contribution in [0.25, 0.3) is 0 Å². The second-order valence-electron chi connectivity index (χ2n) is 3.58. The molecule has 17 heavy (non-hydrogen) atoms. The van der Waals surface area contributed by atoms with Gasteiger partial charge in [0.2, 0.25) is 0 Å². The van der Waals surface area contributed by atoms with E-state index in [1.54, 1.807) is 18.3 Å². The van der Waals surface area contributed by atoms with Crippen LogP contribution in [0.5, 0.6) is 0 Å². The zero-order valence-electron chi connectivity index (χ0n) is 9.28. The lowest BCUT2D eigenvalue weighted by Gasteiger charge is -1.96. The highest BCUT2D eigenvalue weighted by atomic mass is 16.6. The molecular formula is C12H11N3O2. The molecule has 0 fully saturated rings. The number of nitro groups is 1. The van der Waals surface area contributed by atoms with E-state index in [2.05, 4.69) is 4.99 Å². The lowest BCUT2D eigenvalue weighted by atomic mass is 10.3. The van der Waals surface area contributed by atoms with Gasteiger partial charge in [-0.25, -0.2) is 0 Å². The third-order valence-corrected chi connectivity index (χ3v) is 2.37. The predicted molar refractivity (Wildman–Crippen MR) is 65.8 cm³/mol. The number of nitro benzene ring substituents is 1. The number of nitrogens with zero attached hydrogens (tertiary/aromatic N) is 3. The van der Waals surface area contributed by atoms with Crippen LogP contribution in [0.4, 0.5) is 11.4 Å². The van der Waals surface area contributed by atoms with Crippen LogP contribution in [-0.2, 0) is 7.05 Å². The molecule has 5 nitrogen and oxygen atoms in total. The van der Waals surface area contributed by atoms with Crippen molar-refractivity contribution < 1.29 is 4.92 Å². The van der Waals surface area contributed by atoms with Crippen molar-refractivity contribution in [3.05, 3.63) is 58.4 Å². The molecule has 0 aliphatic heterocycles. The smallest absolute Gasteiger partial charge is 0.271 e. The topological polar surface area (TPSA) is 60.4 Å². The molecule has 1 aromatic heterocycles. The summed E-state index contributed by atoms with van der Waals surface area (Å²) in [5.74, 6) is 0. The maximum absolute atomic E-state index is 10.6. The van der Waals surface area contributed by atoms with E-state index in [4.69, 9.17) is 0 Å². The van der Waals surface area contributed by atoms with Crippen molar-refractivity contribution in [3.8, 4) is 0 Å². The second kappa shape index (κ2) is 4.61. The minimum Gasteiger partial charge on any atom is -0.350 e. The van der Waals surface area contributed by atoms with Crippen LogP contribution in [0.3, 0.4) is 0 Å². The molecule has 0 aliphatic rings. The Labute approximate surface area is 98.2 Å². The maximum atomic E-state index is 10.6. The Morgan fingerprint density at radius 2 is 2.18 bits per heavy atom. The summed E-state index contributed by atoms with van der Waals surface area (Å²) in [7, 11) is 1.91. The van der Waals surface area contributed by atoms with Gasteiger partial charge < -0.3 is 4.57 Å². The molecular weight excluding hydrogens is 218 g/mol. The van der Waals surface area contributed by atoms with Gasteiger partial charge in [0.1, 0.15) is 0 Å². The molecule has 5 heteroatoms. The number of aliphatic imine (C=N–C) groups is 1. The fourth-order valence-corrected chi connectivity index (χ4v) is 1.44. The van der Waals surface area contributed by atoms with Crippen LogP contribution < -0.4 is 0 Å². The Kier molecular flexibility index (Phi) is 3.00. The van der Waals surface area contributed by atoms with Crippen LogP contribution in [0.1, 0.15) is 5.69 Å². The molecule has 2 rings (SSSR count). The van der Waals surface area contributed by atoms with Crippen LogP contribution in [0.2, 0.25) is 0 Å². The largest absolute Gasteiger partial charge is 0.350 e. The van der Waals surface area contributed by atoms with E-state index in [0.717, 1.165) is 5.69 Å². The Morgan fingerprint density at radius 1 is 1.35 bits per heavy atom. The zero-order chi connectivity index (χ0) is 12.3. The quantitative estimate of drug-likeness (QED) is 0.461. The predicted octanol–water partition coefficient (Wildman–Crippen LogP) is 2.68. The highest BCUT2D eigenvalue weighted by Crippen LogP contribution is 2.19. The molecule has 0 bridgehead atoms. The molecule has 0 saturated heterocycles. The first kappa shape index (κ1) is 11.1. The van der Waals surface area contributed by atoms with Gasteiger partial charge >= 0.3 is 0 Å². The van der Waals surface area contributed by atoms with Crippen LogP contribution in [-0.4, -0.2) is 15.7 Å². The molecule has 0 spiro atoms. The standard InChI is InChI=1S/C12H11N3O2/c1-14-7-3-6-12(14)9-13-10-4-2-5-11(8-10)15(16)17/h2-9H,1H3. The average molecular weight is 229 g/mol. The van der Waals surface area contributed by atoms with Crippen molar-refractivity contribution in [2.24, 2.45) is 12.0 Å². The summed E-state index contributed by atoms with van der Waals surface area (Å²) >= 11 is 0. The van der Waals surface area contributed by atoms with Gasteiger partial charge in [-0.3, -0.25) is 15.1 Å². The first-order valence-electron chi connectivity index (χ1n) is 5.06. The monoisotopic (exact) mass is 229 g/mol. The van der Waals surface area contributed by atoms with Crippen molar-refractivity contribution in [2.45, 2.75) is 0 Å². The summed E-state index contributed by atoms with van der Waals surface area (Å²) in [5.41, 5.74) is 1.56. The van der Waals surface area contributed by atoms with Gasteiger partial charge in [-0.1, -0.05) is 6.07 Å². The lowest BCUT2D eigenvalue weighted by molar-refractivity contribution is -0.384. The van der Waals surface area contributed by atoms with Gasteiger partial charge in [0.25, 0.3) is 5.69 Å². The molecule has 0 atom stereocenters. The molecule has 1 heterocycles. The number of aromatic nitrogens is 1. The summed E-state index contributed by atoms with van der Waals surface area (Å²) in [6.45, 7) is 0. The number of hydrogen-bond donors (Lipinski definition) is 0. The summed E-state index contributed by atoms with van der Waals surface area (Å²) in [6, 6.07) is 10.1. The van der Waals surface area contributed by atoms with E-state index in [9.17, 15) is 10.1 Å². The summed E-state index contributed by atoms with van der Waals surface area (Å²) in [6.07, 6.45) is 3.59. The third-order valence-electron chi connectivity index (χ3n) is 2.37. The normalized spacial score (nSPS) is 10.9. The minimum atomic E-state index is -0.429. The Hall–Kier alpha value is -2.43. The van der Waals surface area contributed by atoms with E-state index in [1.165, 1.54) is 12.1 Å². The number of benzene rings is 1. The van der Waals surface area contributed by atoms with E-state index in [1.807, 2.05) is 29.9 Å². The molecule has 0 unspecified atom stereocenters. The van der Waals surface area contributed by atoms with Gasteiger partial charge in [-0.05, 0) is 18.2 Å². The van der Waals surface area contributed by atoms with Gasteiger partial charge in [0.05, 0.1) is 22.5 Å². The average Bonchev–Trinajstić information content (AvgIpc) is 2.72. The molecule has 0 amide bonds. The summed E-state index contributed by atoms with van der Waals surface area (Å²) in [5, 5.41) is 10.6. The molecule has 1 aromatic carbocycles. The molecule has 0 N–H and O–H groups in total. The Bertz CT molecular complexity index is 573. The zero-order valence-corrected chi connectivity index (χ0v) is 9.28. The van der Waals surface area contributed by atoms with Crippen LogP contribution >= 0.6 is 0 Å². The molecule has 0 aliphatic carbocycles. The number of non-ortho nitro benzene ring substituents is 1. The minimum absolute atomic E-state index is 0.0477. The highest BCUT2D eigenvalue weighted by Gasteiger charge is 2.04. The molecule has 0 radical (unpaired) electrons. The van der Waals surface area contributed by atoms with E-state index < -0.39 is 4.92 Å². The van der Waals surface area contributed by atoms with Crippen molar-refractivity contribution in [3.63, 3.8) is 0 Å². The van der Waals surface area contributed by atoms with E-state index in [-0.39, 0.29) is 5.69 Å². The van der Waals surface area contributed by atoms with Crippen molar-refractivity contribution in [2.75, 3.05) is 0 Å². The van der Waals surface area contributed by atoms with Crippen LogP contribution in [0.15, 0.2) is 47.6 Å². The number of aryl methyl sites for hydroxylation is 1. The van der Waals surface area contributed by atoms with Crippen molar-refractivity contribution in [1.29, 1.82) is 0 Å². The lowest BCUT2D eigenvalue weighted by Crippen LogP contribution is -1.92. The van der Waals surface area contributed by atoms with E-state index >= 15 is 0 Å². The van der Waals surface area contributed by atoms with E-state index in [0.29, 0.717) is 5.69 Å². The van der Waals surface area contributed by atoms with Gasteiger partial charge in [-0.15, -0.1) is 0 Å². The van der Waals surface area contributed by atoms with Crippen molar-refractivity contribution >= 4 is 17.6 Å². The molecule has 0 saturated carbocycles. The Morgan fingerprint density at radius 3 is 2.82 bits per heavy atom. The van der Waals surface area contributed by atoms with Gasteiger partial charge in [-0.2, -0.15) is 0 Å². The summed E-state index contributed by atoms with van der Waals surface area (Å²) < 4.78 is 1.92. The first-order chi connectivity index (χ1) is 8.16. The summed E-state index contributed by atoms with van der Waals surface area (Å²) in [4.78, 5) is 14.4. The van der Waals surface area contributed by atoms with Gasteiger partial charge in [0.15, 0.2) is 0 Å². The first-order valence-corrected chi connectivity index (χ1v) is 5.06. The molecule has 2 aromatic rings. The van der Waals surface area contributed by atoms with Crippen LogP contribution in [0, 0.1) is 10.1 Å². The number of hydrogen-bond acceptors (Lipinski definition) is 3. The maximum Gasteiger partial charge on any atom is 0.271 e. The molecule has 86 valence electrons. The fraction of sp³-hybridized carbons (Fsp3) is 0.0833. The Balaban J connectivity index is 2.24. The highest BCUT2D eigenvalue weighted by molar-refractivity contribution is 5.80. The fourth-order valence-electron chi connectivity index (χ4n) is 1.44. The second-order valence-corrected chi connectivity index (χ2v) is 3.58.